The number of nitrogens with zero attached hydrogens (tertiary/aromatic N) is 1. The summed E-state index contributed by atoms with van der Waals surface area (Å²) in [5, 5.41) is 8.82. The molecule has 1 rings (SSSR count). The van der Waals surface area contributed by atoms with Crippen LogP contribution in [0, 0.1) is 5.82 Å². The molecular formula is C13H20ClFN2O3S. The SMILES string of the molecule is CC(CCN(C)C)NS(=O)(=O)c1cc(F)c(Cl)c(CO)c1. The summed E-state index contributed by atoms with van der Waals surface area (Å²) in [6, 6.07) is 1.73. The van der Waals surface area contributed by atoms with Gasteiger partial charge in [-0.3, -0.25) is 0 Å². The van der Waals surface area contributed by atoms with Crippen molar-refractivity contribution in [3.8, 4) is 0 Å². The topological polar surface area (TPSA) is 69.6 Å². The van der Waals surface area contributed by atoms with Crippen molar-refractivity contribution in [1.29, 1.82) is 0 Å². The van der Waals surface area contributed by atoms with Crippen molar-refractivity contribution in [3.05, 3.63) is 28.5 Å². The van der Waals surface area contributed by atoms with Crippen molar-refractivity contribution < 1.29 is 17.9 Å². The van der Waals surface area contributed by atoms with Gasteiger partial charge in [0.1, 0.15) is 5.82 Å². The molecule has 0 aliphatic carbocycles. The quantitative estimate of drug-likeness (QED) is 0.792. The Balaban J connectivity index is 2.95. The van der Waals surface area contributed by atoms with Crippen LogP contribution in [-0.2, 0) is 16.6 Å². The molecule has 0 spiro atoms. The Hall–Kier alpha value is -0.730. The van der Waals surface area contributed by atoms with Gasteiger partial charge in [-0.05, 0) is 46.1 Å². The van der Waals surface area contributed by atoms with Gasteiger partial charge in [-0.2, -0.15) is 0 Å². The predicted molar refractivity (Wildman–Crippen MR) is 80.3 cm³/mol. The molecule has 8 heteroatoms. The van der Waals surface area contributed by atoms with Crippen LogP contribution in [0.5, 0.6) is 0 Å². The molecule has 0 aliphatic rings. The average molecular weight is 339 g/mol. The van der Waals surface area contributed by atoms with Crippen LogP contribution in [0.25, 0.3) is 0 Å². The highest BCUT2D eigenvalue weighted by molar-refractivity contribution is 7.89. The third-order valence-corrected chi connectivity index (χ3v) is 4.92. The second-order valence-electron chi connectivity index (χ2n) is 5.15. The lowest BCUT2D eigenvalue weighted by Crippen LogP contribution is -2.34. The van der Waals surface area contributed by atoms with E-state index in [0.29, 0.717) is 6.42 Å². The zero-order valence-corrected chi connectivity index (χ0v) is 13.8. The number of hydrogen-bond donors (Lipinski definition) is 2. The van der Waals surface area contributed by atoms with E-state index in [1.165, 1.54) is 6.07 Å². The summed E-state index contributed by atoms with van der Waals surface area (Å²) in [4.78, 5) is 1.70. The Kier molecular flexibility index (Phi) is 6.55. The first-order valence-corrected chi connectivity index (χ1v) is 8.29. The van der Waals surface area contributed by atoms with Crippen LogP contribution in [0.2, 0.25) is 5.02 Å². The number of nitrogens with one attached hydrogen (secondary N) is 1. The van der Waals surface area contributed by atoms with Crippen molar-refractivity contribution >= 4 is 21.6 Å². The number of aliphatic hydroxyl groups is 1. The molecule has 1 atom stereocenters. The first kappa shape index (κ1) is 18.3. The number of aliphatic hydroxyl groups excluding tert-OH is 1. The summed E-state index contributed by atoms with van der Waals surface area (Å²) >= 11 is 5.65. The Labute approximate surface area is 129 Å². The molecule has 5 nitrogen and oxygen atoms in total. The molecule has 21 heavy (non-hydrogen) atoms. The van der Waals surface area contributed by atoms with Crippen molar-refractivity contribution in [3.63, 3.8) is 0 Å². The third-order valence-electron chi connectivity index (χ3n) is 2.92. The molecule has 0 fully saturated rings. The minimum absolute atomic E-state index is 0.0398. The van der Waals surface area contributed by atoms with Crippen molar-refractivity contribution in [2.24, 2.45) is 0 Å². The maximum atomic E-state index is 13.6. The lowest BCUT2D eigenvalue weighted by molar-refractivity contribution is 0.281. The minimum atomic E-state index is -3.86. The molecule has 1 aromatic carbocycles. The van der Waals surface area contributed by atoms with E-state index >= 15 is 0 Å². The largest absolute Gasteiger partial charge is 0.392 e. The zero-order chi connectivity index (χ0) is 16.2. The van der Waals surface area contributed by atoms with E-state index < -0.39 is 22.4 Å². The maximum absolute atomic E-state index is 13.6. The zero-order valence-electron chi connectivity index (χ0n) is 12.2. The van der Waals surface area contributed by atoms with Gasteiger partial charge in [0, 0.05) is 11.6 Å². The van der Waals surface area contributed by atoms with Gasteiger partial charge in [-0.1, -0.05) is 11.6 Å². The van der Waals surface area contributed by atoms with E-state index in [2.05, 4.69) is 4.72 Å². The van der Waals surface area contributed by atoms with Gasteiger partial charge < -0.3 is 10.0 Å². The molecule has 0 amide bonds. The third kappa shape index (κ3) is 5.19. The molecule has 120 valence electrons. The minimum Gasteiger partial charge on any atom is -0.392 e. The molecular weight excluding hydrogens is 319 g/mol. The first-order chi connectivity index (χ1) is 9.67. The molecule has 0 bridgehead atoms. The second-order valence-corrected chi connectivity index (χ2v) is 7.24. The summed E-state index contributed by atoms with van der Waals surface area (Å²) in [7, 11) is -0.0732. The highest BCUT2D eigenvalue weighted by Gasteiger charge is 2.20. The molecule has 0 radical (unpaired) electrons. The smallest absolute Gasteiger partial charge is 0.240 e. The van der Waals surface area contributed by atoms with Gasteiger partial charge in [0.15, 0.2) is 0 Å². The van der Waals surface area contributed by atoms with Gasteiger partial charge in [-0.15, -0.1) is 0 Å². The number of benzene rings is 1. The fraction of sp³-hybridized carbons (Fsp3) is 0.538. The van der Waals surface area contributed by atoms with E-state index in [-0.39, 0.29) is 21.5 Å². The number of halogens is 2. The van der Waals surface area contributed by atoms with Crippen molar-refractivity contribution in [2.75, 3.05) is 20.6 Å². The summed E-state index contributed by atoms with van der Waals surface area (Å²) in [6.07, 6.45) is 0.620. The van der Waals surface area contributed by atoms with Crippen LogP contribution in [-0.4, -0.2) is 45.1 Å². The van der Waals surface area contributed by atoms with E-state index in [4.69, 9.17) is 16.7 Å². The van der Waals surface area contributed by atoms with E-state index in [1.54, 1.807) is 6.92 Å². The summed E-state index contributed by atoms with van der Waals surface area (Å²) < 4.78 is 40.5. The van der Waals surface area contributed by atoms with Gasteiger partial charge in [0.05, 0.1) is 16.5 Å². The molecule has 1 unspecified atom stereocenters. The van der Waals surface area contributed by atoms with Crippen LogP contribution in [0.4, 0.5) is 4.39 Å². The molecule has 0 heterocycles. The molecule has 0 saturated heterocycles. The number of sulfonamides is 1. The standard InChI is InChI=1S/C13H20ClFN2O3S/c1-9(4-5-17(2)3)16-21(19,20)11-6-10(8-18)13(14)12(15)7-11/h6-7,9,16,18H,4-5,8H2,1-3H3. The summed E-state index contributed by atoms with van der Waals surface area (Å²) in [5.74, 6) is -0.871. The lowest BCUT2D eigenvalue weighted by atomic mass is 10.2. The summed E-state index contributed by atoms with van der Waals surface area (Å²) in [5.41, 5.74) is 0.0398. The van der Waals surface area contributed by atoms with Crippen LogP contribution < -0.4 is 4.72 Å². The lowest BCUT2D eigenvalue weighted by Gasteiger charge is -2.17. The van der Waals surface area contributed by atoms with Crippen LogP contribution in [0.15, 0.2) is 17.0 Å². The molecule has 1 aromatic rings. The number of rotatable bonds is 7. The van der Waals surface area contributed by atoms with E-state index in [9.17, 15) is 12.8 Å². The highest BCUT2D eigenvalue weighted by atomic mass is 35.5. The van der Waals surface area contributed by atoms with Gasteiger partial charge in [-0.25, -0.2) is 17.5 Å². The Morgan fingerprint density at radius 1 is 1.43 bits per heavy atom. The molecule has 0 aromatic heterocycles. The molecule has 0 saturated carbocycles. The van der Waals surface area contributed by atoms with Crippen molar-refractivity contribution in [1.82, 2.24) is 9.62 Å². The van der Waals surface area contributed by atoms with Crippen LogP contribution in [0.3, 0.4) is 0 Å². The molecule has 0 aliphatic heterocycles. The highest BCUT2D eigenvalue weighted by Crippen LogP contribution is 2.24. The van der Waals surface area contributed by atoms with Crippen LogP contribution in [0.1, 0.15) is 18.9 Å². The Morgan fingerprint density at radius 3 is 2.57 bits per heavy atom. The normalized spacial score (nSPS) is 13.7. The Bertz CT molecular complexity index is 593. The van der Waals surface area contributed by atoms with Gasteiger partial charge >= 0.3 is 0 Å². The predicted octanol–water partition coefficient (Wildman–Crippen LogP) is 1.59. The summed E-state index contributed by atoms with van der Waals surface area (Å²) in [6.45, 7) is 1.93. The van der Waals surface area contributed by atoms with Gasteiger partial charge in [0.25, 0.3) is 0 Å². The second kappa shape index (κ2) is 7.51. The fourth-order valence-electron chi connectivity index (χ4n) is 1.73. The van der Waals surface area contributed by atoms with E-state index in [1.807, 2.05) is 19.0 Å². The Morgan fingerprint density at radius 2 is 2.05 bits per heavy atom. The maximum Gasteiger partial charge on any atom is 0.240 e. The first-order valence-electron chi connectivity index (χ1n) is 6.43. The monoisotopic (exact) mass is 338 g/mol. The average Bonchev–Trinajstić information content (AvgIpc) is 2.38. The van der Waals surface area contributed by atoms with E-state index in [0.717, 1.165) is 12.6 Å². The van der Waals surface area contributed by atoms with Crippen LogP contribution >= 0.6 is 11.6 Å². The van der Waals surface area contributed by atoms with Gasteiger partial charge in [0.2, 0.25) is 10.0 Å². The van der Waals surface area contributed by atoms with Crippen molar-refractivity contribution in [2.45, 2.75) is 30.9 Å². The number of hydrogen-bond acceptors (Lipinski definition) is 4. The molecule has 2 N–H and O–H groups in total. The fourth-order valence-corrected chi connectivity index (χ4v) is 3.24.